The number of anilines is 1. The molecule has 0 saturated carbocycles. The Morgan fingerprint density at radius 2 is 1.83 bits per heavy atom. The number of hydrogen-bond donors (Lipinski definition) is 0. The Kier molecular flexibility index (Phi) is 4.86. The third-order valence-corrected chi connectivity index (χ3v) is 4.29. The monoisotopic (exact) mass is 342 g/mol. The van der Waals surface area contributed by atoms with Gasteiger partial charge in [-0.2, -0.15) is 0 Å². The molecule has 0 N–H and O–H groups in total. The maximum atomic E-state index is 11.4. The summed E-state index contributed by atoms with van der Waals surface area (Å²) in [6.07, 6.45) is -0.293. The molecule has 2 aromatic rings. The second kappa shape index (κ2) is 7.05. The molecule has 0 radical (unpaired) electrons. The first-order valence-electron chi connectivity index (χ1n) is 7.83. The molecule has 24 heavy (non-hydrogen) atoms. The number of halogens is 1. The molecule has 0 bridgehead atoms. The Morgan fingerprint density at radius 1 is 1.17 bits per heavy atom. The Labute approximate surface area is 146 Å². The summed E-state index contributed by atoms with van der Waals surface area (Å²) in [7, 11) is 1.99. The van der Waals surface area contributed by atoms with Crippen LogP contribution in [0.4, 0.5) is 5.69 Å². The average molecular weight is 343 g/mol. The Hall–Kier alpha value is -2.33. The number of esters is 1. The van der Waals surface area contributed by atoms with E-state index in [4.69, 9.17) is 21.3 Å². The molecule has 0 saturated heterocycles. The van der Waals surface area contributed by atoms with Crippen molar-refractivity contribution in [3.05, 3.63) is 64.7 Å². The van der Waals surface area contributed by atoms with Crippen LogP contribution in [-0.4, -0.2) is 37.9 Å². The molecule has 1 aliphatic heterocycles. The number of likely N-dealkylation sites (N-methyl/N-ethyl adjacent to an activating group) is 1. The predicted octanol–water partition coefficient (Wildman–Crippen LogP) is 3.56. The molecule has 0 aromatic heterocycles. The zero-order valence-corrected chi connectivity index (χ0v) is 14.5. The number of rotatable bonds is 2. The number of carbonyl (C=O) groups is 1. The van der Waals surface area contributed by atoms with Crippen molar-refractivity contribution in [1.82, 2.24) is 0 Å². The minimum absolute atomic E-state index is 0.293. The van der Waals surface area contributed by atoms with Gasteiger partial charge < -0.3 is 9.64 Å². The highest BCUT2D eigenvalue weighted by molar-refractivity contribution is 6.35. The van der Waals surface area contributed by atoms with Crippen molar-refractivity contribution < 1.29 is 9.53 Å². The molecule has 4 nitrogen and oxygen atoms in total. The van der Waals surface area contributed by atoms with Gasteiger partial charge in [0.25, 0.3) is 0 Å². The number of nitrogens with zero attached hydrogens (tertiary/aromatic N) is 2. The van der Waals surface area contributed by atoms with Gasteiger partial charge in [-0.05, 0) is 12.1 Å². The highest BCUT2D eigenvalue weighted by Crippen LogP contribution is 2.28. The van der Waals surface area contributed by atoms with Gasteiger partial charge in [-0.25, -0.2) is 0 Å². The fourth-order valence-corrected chi connectivity index (χ4v) is 3.16. The van der Waals surface area contributed by atoms with E-state index in [0.29, 0.717) is 18.1 Å². The maximum Gasteiger partial charge on any atom is 0.303 e. The fourth-order valence-electron chi connectivity index (χ4n) is 2.94. The van der Waals surface area contributed by atoms with Crippen LogP contribution in [-0.2, 0) is 9.53 Å². The highest BCUT2D eigenvalue weighted by atomic mass is 35.5. The van der Waals surface area contributed by atoms with Crippen molar-refractivity contribution >= 4 is 29.0 Å². The van der Waals surface area contributed by atoms with Gasteiger partial charge in [0, 0.05) is 35.8 Å². The van der Waals surface area contributed by atoms with Crippen LogP contribution in [0.2, 0.25) is 5.02 Å². The van der Waals surface area contributed by atoms with Gasteiger partial charge in [0.05, 0.1) is 18.8 Å². The molecule has 5 heteroatoms. The second-order valence-corrected chi connectivity index (χ2v) is 6.21. The molecule has 0 aliphatic carbocycles. The van der Waals surface area contributed by atoms with Crippen molar-refractivity contribution in [2.45, 2.75) is 13.0 Å². The molecule has 1 aliphatic rings. The lowest BCUT2D eigenvalue weighted by atomic mass is 9.98. The van der Waals surface area contributed by atoms with Gasteiger partial charge in [-0.3, -0.25) is 9.79 Å². The molecule has 0 spiro atoms. The van der Waals surface area contributed by atoms with E-state index in [1.54, 1.807) is 0 Å². The summed E-state index contributed by atoms with van der Waals surface area (Å²) >= 11 is 6.40. The summed E-state index contributed by atoms with van der Waals surface area (Å²) in [6.45, 7) is 2.42. The van der Waals surface area contributed by atoms with Gasteiger partial charge >= 0.3 is 5.97 Å². The van der Waals surface area contributed by atoms with Gasteiger partial charge in [-0.1, -0.05) is 48.0 Å². The summed E-state index contributed by atoms with van der Waals surface area (Å²) in [4.78, 5) is 18.2. The van der Waals surface area contributed by atoms with Crippen LogP contribution < -0.4 is 4.90 Å². The largest absolute Gasteiger partial charge is 0.459 e. The van der Waals surface area contributed by atoms with Gasteiger partial charge in [0.2, 0.25) is 0 Å². The van der Waals surface area contributed by atoms with Gasteiger partial charge in [0.1, 0.15) is 6.10 Å². The SMILES string of the molecule is CC(=O)OC1C/N=C(/c2ccccc2Cl)c2ccccc2N(C)C1. The van der Waals surface area contributed by atoms with Gasteiger partial charge in [0.15, 0.2) is 0 Å². The van der Waals surface area contributed by atoms with Crippen LogP contribution in [0.3, 0.4) is 0 Å². The highest BCUT2D eigenvalue weighted by Gasteiger charge is 2.23. The quantitative estimate of drug-likeness (QED) is 0.784. The van der Waals surface area contributed by atoms with Crippen molar-refractivity contribution in [3.8, 4) is 0 Å². The van der Waals surface area contributed by atoms with Crippen molar-refractivity contribution in [2.75, 3.05) is 25.0 Å². The normalized spacial score (nSPS) is 19.5. The van der Waals surface area contributed by atoms with E-state index in [9.17, 15) is 4.79 Å². The summed E-state index contributed by atoms with van der Waals surface area (Å²) in [5, 5.41) is 0.651. The molecule has 124 valence electrons. The van der Waals surface area contributed by atoms with Crippen LogP contribution in [0.25, 0.3) is 0 Å². The third kappa shape index (κ3) is 3.44. The van der Waals surface area contributed by atoms with E-state index in [1.807, 2.05) is 55.6 Å². The summed E-state index contributed by atoms with van der Waals surface area (Å²) in [5.74, 6) is -0.295. The van der Waals surface area contributed by atoms with Crippen LogP contribution in [0, 0.1) is 0 Å². The number of fused-ring (bicyclic) bond motifs is 1. The molecule has 1 unspecified atom stereocenters. The first-order valence-corrected chi connectivity index (χ1v) is 8.21. The van der Waals surface area contributed by atoms with E-state index < -0.39 is 0 Å². The lowest BCUT2D eigenvalue weighted by Crippen LogP contribution is -2.37. The zero-order valence-electron chi connectivity index (χ0n) is 13.7. The lowest BCUT2D eigenvalue weighted by Gasteiger charge is -2.29. The fraction of sp³-hybridized carbons (Fsp3) is 0.263. The van der Waals surface area contributed by atoms with Crippen molar-refractivity contribution in [2.24, 2.45) is 4.99 Å². The molecule has 0 fully saturated rings. The number of para-hydroxylation sites is 1. The predicted molar refractivity (Wildman–Crippen MR) is 97.2 cm³/mol. The third-order valence-electron chi connectivity index (χ3n) is 3.96. The van der Waals surface area contributed by atoms with Crippen LogP contribution >= 0.6 is 11.6 Å². The maximum absolute atomic E-state index is 11.4. The standard InChI is InChI=1S/C19H19ClN2O2/c1-13(23)24-14-11-21-19(15-7-3-5-9-17(15)20)16-8-4-6-10-18(16)22(2)12-14/h3-10,14H,11-12H2,1-2H3/b21-19-. The number of benzene rings is 2. The van der Waals surface area contributed by atoms with Crippen LogP contribution in [0.5, 0.6) is 0 Å². The molecule has 2 aromatic carbocycles. The molecular weight excluding hydrogens is 324 g/mol. The van der Waals surface area contributed by atoms with E-state index in [-0.39, 0.29) is 12.1 Å². The van der Waals surface area contributed by atoms with E-state index >= 15 is 0 Å². The first-order chi connectivity index (χ1) is 11.6. The number of ether oxygens (including phenoxy) is 1. The minimum Gasteiger partial charge on any atom is -0.459 e. The molecule has 1 atom stereocenters. The molecule has 1 heterocycles. The van der Waals surface area contributed by atoms with E-state index in [2.05, 4.69) is 4.90 Å². The zero-order chi connectivity index (χ0) is 17.1. The van der Waals surface area contributed by atoms with Crippen molar-refractivity contribution in [1.29, 1.82) is 0 Å². The van der Waals surface area contributed by atoms with Crippen LogP contribution in [0.15, 0.2) is 53.5 Å². The Bertz CT molecular complexity index is 788. The summed E-state index contributed by atoms with van der Waals surface area (Å²) < 4.78 is 5.41. The Balaban J connectivity index is 2.11. The van der Waals surface area contributed by atoms with E-state index in [0.717, 1.165) is 22.5 Å². The summed E-state index contributed by atoms with van der Waals surface area (Å²) in [5.41, 5.74) is 3.76. The Morgan fingerprint density at radius 3 is 2.54 bits per heavy atom. The molecule has 3 rings (SSSR count). The minimum atomic E-state index is -0.295. The number of aliphatic imine (C=N–C) groups is 1. The molecule has 0 amide bonds. The smallest absolute Gasteiger partial charge is 0.303 e. The van der Waals surface area contributed by atoms with Crippen molar-refractivity contribution in [3.63, 3.8) is 0 Å². The first kappa shape index (κ1) is 16.5. The summed E-state index contributed by atoms with van der Waals surface area (Å²) in [6, 6.07) is 15.7. The average Bonchev–Trinajstić information content (AvgIpc) is 2.55. The van der Waals surface area contributed by atoms with Gasteiger partial charge in [-0.15, -0.1) is 0 Å². The number of hydrogen-bond acceptors (Lipinski definition) is 4. The number of carbonyl (C=O) groups excluding carboxylic acids is 1. The van der Waals surface area contributed by atoms with Crippen LogP contribution in [0.1, 0.15) is 18.1 Å². The lowest BCUT2D eigenvalue weighted by molar-refractivity contribution is -0.145. The molecular formula is C19H19ClN2O2. The topological polar surface area (TPSA) is 41.9 Å². The van der Waals surface area contributed by atoms with E-state index in [1.165, 1.54) is 6.92 Å². The second-order valence-electron chi connectivity index (χ2n) is 5.80.